The van der Waals surface area contributed by atoms with Crippen molar-refractivity contribution in [1.82, 2.24) is 14.5 Å². The minimum absolute atomic E-state index is 0.358. The van der Waals surface area contributed by atoms with Crippen LogP contribution in [-0.4, -0.2) is 25.6 Å². The van der Waals surface area contributed by atoms with Gasteiger partial charge in [0.15, 0.2) is 5.84 Å². The van der Waals surface area contributed by atoms with E-state index in [-0.39, 0.29) is 0 Å². The first kappa shape index (κ1) is 17.7. The Balaban J connectivity index is 1.83. The Morgan fingerprint density at radius 3 is 2.54 bits per heavy atom. The lowest BCUT2D eigenvalue weighted by atomic mass is 10.0. The number of hydrogen-bond acceptors (Lipinski definition) is 5. The number of hydrogen-bond donors (Lipinski definition) is 1. The highest BCUT2D eigenvalue weighted by molar-refractivity contribution is 6.00. The third kappa shape index (κ3) is 3.74. The van der Waals surface area contributed by atoms with Crippen molar-refractivity contribution in [2.45, 2.75) is 33.6 Å². The van der Waals surface area contributed by atoms with Gasteiger partial charge in [-0.15, -0.1) is 0 Å². The smallest absolute Gasteiger partial charge is 0.219 e. The van der Waals surface area contributed by atoms with Gasteiger partial charge in [-0.1, -0.05) is 25.1 Å². The highest BCUT2D eigenvalue weighted by atomic mass is 16.5. The summed E-state index contributed by atoms with van der Waals surface area (Å²) in [5.41, 5.74) is 3.03. The Kier molecular flexibility index (Phi) is 5.02. The van der Waals surface area contributed by atoms with Gasteiger partial charge in [0.2, 0.25) is 5.88 Å². The van der Waals surface area contributed by atoms with E-state index in [0.717, 1.165) is 17.1 Å². The van der Waals surface area contributed by atoms with E-state index in [1.807, 2.05) is 26.0 Å². The van der Waals surface area contributed by atoms with Gasteiger partial charge in [0.05, 0.1) is 0 Å². The first-order chi connectivity index (χ1) is 12.5. The summed E-state index contributed by atoms with van der Waals surface area (Å²) in [5, 5.41) is 12.8. The molecule has 0 saturated carbocycles. The summed E-state index contributed by atoms with van der Waals surface area (Å²) in [6, 6.07) is 9.73. The number of pyridine rings is 1. The molecule has 1 N–H and O–H groups in total. The van der Waals surface area contributed by atoms with E-state index in [1.54, 1.807) is 35.3 Å². The van der Waals surface area contributed by atoms with Crippen LogP contribution in [-0.2, 0) is 0 Å². The van der Waals surface area contributed by atoms with Crippen LogP contribution in [0.5, 0.6) is 11.6 Å². The maximum Gasteiger partial charge on any atom is 0.219 e. The SMILES string of the molecule is Cc1cc(Oc2ccc(/C(=N/O)n3ccnc3C)cn2)cc(C(C)C)c1. The summed E-state index contributed by atoms with van der Waals surface area (Å²) in [6.07, 6.45) is 4.99. The number of nitrogens with zero attached hydrogens (tertiary/aromatic N) is 4. The molecular formula is C20H22N4O2. The average Bonchev–Trinajstić information content (AvgIpc) is 3.02. The van der Waals surface area contributed by atoms with Crippen LogP contribution in [0.3, 0.4) is 0 Å². The summed E-state index contributed by atoms with van der Waals surface area (Å²) < 4.78 is 7.59. The molecule has 0 aliphatic rings. The number of imidazole rings is 1. The zero-order chi connectivity index (χ0) is 18.7. The van der Waals surface area contributed by atoms with E-state index in [0.29, 0.717) is 23.2 Å². The number of aryl methyl sites for hydroxylation is 2. The molecular weight excluding hydrogens is 328 g/mol. The third-order valence-electron chi connectivity index (χ3n) is 4.11. The molecule has 3 aromatic rings. The predicted octanol–water partition coefficient (Wildman–Crippen LogP) is 4.49. The molecule has 0 spiro atoms. The number of aromatic nitrogens is 3. The predicted molar refractivity (Wildman–Crippen MR) is 100 cm³/mol. The molecule has 134 valence electrons. The second-order valence-electron chi connectivity index (χ2n) is 6.49. The molecule has 2 aromatic heterocycles. The lowest BCUT2D eigenvalue weighted by Crippen LogP contribution is -2.14. The van der Waals surface area contributed by atoms with E-state index >= 15 is 0 Å². The normalized spacial score (nSPS) is 11.8. The van der Waals surface area contributed by atoms with Crippen molar-refractivity contribution in [2.24, 2.45) is 5.16 Å². The second kappa shape index (κ2) is 7.39. The van der Waals surface area contributed by atoms with Crippen LogP contribution in [0, 0.1) is 13.8 Å². The van der Waals surface area contributed by atoms with Crippen LogP contribution in [0.4, 0.5) is 0 Å². The van der Waals surface area contributed by atoms with E-state index in [1.165, 1.54) is 5.56 Å². The molecule has 6 nitrogen and oxygen atoms in total. The summed E-state index contributed by atoms with van der Waals surface area (Å²) in [5.74, 6) is 2.74. The lowest BCUT2D eigenvalue weighted by molar-refractivity contribution is 0.317. The second-order valence-corrected chi connectivity index (χ2v) is 6.49. The van der Waals surface area contributed by atoms with Gasteiger partial charge in [0.1, 0.15) is 11.6 Å². The molecule has 0 bridgehead atoms. The van der Waals surface area contributed by atoms with Crippen molar-refractivity contribution < 1.29 is 9.94 Å². The van der Waals surface area contributed by atoms with Gasteiger partial charge in [-0.25, -0.2) is 9.97 Å². The minimum Gasteiger partial charge on any atom is -0.439 e. The standard InChI is InChI=1S/C20H22N4O2/c1-13(2)17-9-14(3)10-18(11-17)26-19-6-5-16(12-22-19)20(23-25)24-8-7-21-15(24)4/h5-13,25H,1-4H3/b23-20-. The lowest BCUT2D eigenvalue weighted by Gasteiger charge is -2.12. The van der Waals surface area contributed by atoms with Crippen LogP contribution >= 0.6 is 0 Å². The van der Waals surface area contributed by atoms with Crippen molar-refractivity contribution >= 4 is 5.84 Å². The van der Waals surface area contributed by atoms with Crippen LogP contribution in [0.25, 0.3) is 0 Å². The van der Waals surface area contributed by atoms with E-state index in [2.05, 4.69) is 35.0 Å². The maximum absolute atomic E-state index is 9.37. The highest BCUT2D eigenvalue weighted by Crippen LogP contribution is 2.26. The molecule has 26 heavy (non-hydrogen) atoms. The Labute approximate surface area is 152 Å². The zero-order valence-corrected chi connectivity index (χ0v) is 15.3. The van der Waals surface area contributed by atoms with Crippen molar-refractivity contribution in [1.29, 1.82) is 0 Å². The van der Waals surface area contributed by atoms with Gasteiger partial charge in [0.25, 0.3) is 0 Å². The molecule has 3 rings (SSSR count). The Morgan fingerprint density at radius 1 is 1.15 bits per heavy atom. The number of rotatable bonds is 4. The van der Waals surface area contributed by atoms with E-state index in [4.69, 9.17) is 4.74 Å². The van der Waals surface area contributed by atoms with Crippen LogP contribution < -0.4 is 4.74 Å². The first-order valence-electron chi connectivity index (χ1n) is 8.46. The molecule has 0 atom stereocenters. The van der Waals surface area contributed by atoms with Gasteiger partial charge in [-0.3, -0.25) is 4.57 Å². The molecule has 0 amide bonds. The first-order valence-corrected chi connectivity index (χ1v) is 8.46. The summed E-state index contributed by atoms with van der Waals surface area (Å²) >= 11 is 0. The van der Waals surface area contributed by atoms with Gasteiger partial charge in [-0.2, -0.15) is 0 Å². The average molecular weight is 350 g/mol. The van der Waals surface area contributed by atoms with Gasteiger partial charge >= 0.3 is 0 Å². The summed E-state index contributed by atoms with van der Waals surface area (Å²) in [4.78, 5) is 8.48. The molecule has 0 fully saturated rings. The van der Waals surface area contributed by atoms with Crippen LogP contribution in [0.15, 0.2) is 54.1 Å². The molecule has 2 heterocycles. The maximum atomic E-state index is 9.37. The van der Waals surface area contributed by atoms with E-state index < -0.39 is 0 Å². The summed E-state index contributed by atoms with van der Waals surface area (Å²) in [6.45, 7) is 8.19. The molecule has 0 unspecified atom stereocenters. The molecule has 1 aromatic carbocycles. The fourth-order valence-corrected chi connectivity index (χ4v) is 2.71. The fourth-order valence-electron chi connectivity index (χ4n) is 2.71. The van der Waals surface area contributed by atoms with Crippen LogP contribution in [0.2, 0.25) is 0 Å². The zero-order valence-electron chi connectivity index (χ0n) is 15.3. The van der Waals surface area contributed by atoms with Gasteiger partial charge < -0.3 is 9.94 Å². The largest absolute Gasteiger partial charge is 0.439 e. The number of ether oxygens (including phenoxy) is 1. The monoisotopic (exact) mass is 350 g/mol. The van der Waals surface area contributed by atoms with Crippen LogP contribution in [0.1, 0.15) is 42.3 Å². The quantitative estimate of drug-likeness (QED) is 0.325. The third-order valence-corrected chi connectivity index (χ3v) is 4.11. The molecule has 0 radical (unpaired) electrons. The minimum atomic E-state index is 0.358. The molecule has 0 aliphatic carbocycles. The Morgan fingerprint density at radius 2 is 1.96 bits per heavy atom. The Bertz CT molecular complexity index is 927. The fraction of sp³-hybridized carbons (Fsp3) is 0.250. The highest BCUT2D eigenvalue weighted by Gasteiger charge is 2.11. The number of benzene rings is 1. The number of oxime groups is 1. The topological polar surface area (TPSA) is 72.5 Å². The van der Waals surface area contributed by atoms with Gasteiger partial charge in [-0.05, 0) is 49.1 Å². The van der Waals surface area contributed by atoms with Crippen molar-refractivity contribution in [3.05, 3.63) is 71.4 Å². The van der Waals surface area contributed by atoms with Crippen molar-refractivity contribution in [3.8, 4) is 11.6 Å². The molecule has 6 heteroatoms. The molecule has 0 saturated heterocycles. The van der Waals surface area contributed by atoms with Crippen molar-refractivity contribution in [3.63, 3.8) is 0 Å². The molecule has 0 aliphatic heterocycles. The van der Waals surface area contributed by atoms with Gasteiger partial charge in [0, 0.05) is 30.2 Å². The summed E-state index contributed by atoms with van der Waals surface area (Å²) in [7, 11) is 0. The van der Waals surface area contributed by atoms with E-state index in [9.17, 15) is 5.21 Å². The van der Waals surface area contributed by atoms with Crippen molar-refractivity contribution in [2.75, 3.05) is 0 Å². The Hall–Kier alpha value is -3.15.